The number of aliphatic hydroxyl groups is 1. The largest absolute Gasteiger partial charge is 0.391 e. The third-order valence-corrected chi connectivity index (χ3v) is 7.08. The van der Waals surface area contributed by atoms with Crippen LogP contribution in [0.2, 0.25) is 0 Å². The zero-order valence-electron chi connectivity index (χ0n) is 20.6. The summed E-state index contributed by atoms with van der Waals surface area (Å²) in [5, 5.41) is 16.0. The molecular formula is C25H34N4O4S. The highest BCUT2D eigenvalue weighted by Gasteiger charge is 2.44. The van der Waals surface area contributed by atoms with Crippen molar-refractivity contribution in [3.8, 4) is 10.4 Å². The highest BCUT2D eigenvalue weighted by Crippen LogP contribution is 2.29. The predicted molar refractivity (Wildman–Crippen MR) is 132 cm³/mol. The van der Waals surface area contributed by atoms with Gasteiger partial charge >= 0.3 is 0 Å². The number of carbonyl (C=O) groups excluding carboxylic acids is 3. The summed E-state index contributed by atoms with van der Waals surface area (Å²) < 4.78 is 0. The molecule has 8 nitrogen and oxygen atoms in total. The van der Waals surface area contributed by atoms with Crippen LogP contribution in [0.5, 0.6) is 0 Å². The predicted octanol–water partition coefficient (Wildman–Crippen LogP) is 2.81. The lowest BCUT2D eigenvalue weighted by Crippen LogP contribution is -2.57. The number of thiazole rings is 1. The molecule has 2 aromatic rings. The summed E-state index contributed by atoms with van der Waals surface area (Å²) in [6, 6.07) is 6.07. The quantitative estimate of drug-likeness (QED) is 0.581. The number of aromatic nitrogens is 1. The molecule has 1 fully saturated rings. The molecule has 3 N–H and O–H groups in total. The Morgan fingerprint density at radius 2 is 1.82 bits per heavy atom. The normalized spacial score (nSPS) is 20.0. The van der Waals surface area contributed by atoms with Crippen LogP contribution in [-0.2, 0) is 14.4 Å². The van der Waals surface area contributed by atoms with Gasteiger partial charge in [0.25, 0.3) is 0 Å². The van der Waals surface area contributed by atoms with Gasteiger partial charge in [-0.1, -0.05) is 45.0 Å². The van der Waals surface area contributed by atoms with Crippen LogP contribution in [0.4, 0.5) is 0 Å². The van der Waals surface area contributed by atoms with Gasteiger partial charge in [0.15, 0.2) is 0 Å². The van der Waals surface area contributed by atoms with Crippen molar-refractivity contribution >= 4 is 29.1 Å². The molecule has 1 aliphatic heterocycles. The van der Waals surface area contributed by atoms with Gasteiger partial charge in [-0.2, -0.15) is 0 Å². The van der Waals surface area contributed by atoms with Crippen LogP contribution in [0.15, 0.2) is 29.8 Å². The number of amides is 3. The maximum absolute atomic E-state index is 13.3. The SMILES string of the molecule is CC(=O)N[C@H](C(=O)N1C[C@H](O)C[C@H]1C(=O)NC(C)c1ccc(-c2scnc2C)cc1)C(C)(C)C. The number of nitrogens with one attached hydrogen (secondary N) is 2. The van der Waals surface area contributed by atoms with Gasteiger partial charge in [-0.05, 0) is 30.4 Å². The monoisotopic (exact) mass is 486 g/mol. The van der Waals surface area contributed by atoms with Gasteiger partial charge in [-0.3, -0.25) is 14.4 Å². The number of hydrogen-bond acceptors (Lipinski definition) is 6. The minimum Gasteiger partial charge on any atom is -0.391 e. The van der Waals surface area contributed by atoms with E-state index in [0.717, 1.165) is 21.7 Å². The number of benzene rings is 1. The summed E-state index contributed by atoms with van der Waals surface area (Å²) in [5.74, 6) is -1.01. The van der Waals surface area contributed by atoms with Crippen LogP contribution in [0.3, 0.4) is 0 Å². The zero-order chi connectivity index (χ0) is 25.2. The molecule has 3 amide bonds. The first-order chi connectivity index (χ1) is 15.9. The molecule has 1 unspecified atom stereocenters. The summed E-state index contributed by atoms with van der Waals surface area (Å²) in [6.45, 7) is 10.8. The fourth-order valence-electron chi connectivity index (χ4n) is 4.22. The molecule has 0 spiro atoms. The Balaban J connectivity index is 1.72. The van der Waals surface area contributed by atoms with Crippen molar-refractivity contribution in [2.45, 2.75) is 72.2 Å². The molecule has 0 bridgehead atoms. The van der Waals surface area contributed by atoms with E-state index in [1.165, 1.54) is 11.8 Å². The van der Waals surface area contributed by atoms with E-state index < -0.39 is 23.6 Å². The molecular weight excluding hydrogens is 452 g/mol. The van der Waals surface area contributed by atoms with Crippen LogP contribution in [0.1, 0.15) is 58.3 Å². The van der Waals surface area contributed by atoms with Gasteiger partial charge in [-0.25, -0.2) is 4.98 Å². The smallest absolute Gasteiger partial charge is 0.246 e. The Morgan fingerprint density at radius 3 is 2.35 bits per heavy atom. The number of rotatable bonds is 6. The third-order valence-electron chi connectivity index (χ3n) is 6.10. The summed E-state index contributed by atoms with van der Waals surface area (Å²) >= 11 is 1.59. The number of hydrogen-bond donors (Lipinski definition) is 3. The minimum atomic E-state index is -0.803. The van der Waals surface area contributed by atoms with Crippen molar-refractivity contribution < 1.29 is 19.5 Å². The van der Waals surface area contributed by atoms with Crippen molar-refractivity contribution in [3.05, 3.63) is 41.0 Å². The Morgan fingerprint density at radius 1 is 1.18 bits per heavy atom. The molecule has 4 atom stereocenters. The van der Waals surface area contributed by atoms with Crippen LogP contribution in [0, 0.1) is 12.3 Å². The van der Waals surface area contributed by atoms with E-state index in [0.29, 0.717) is 0 Å². The summed E-state index contributed by atoms with van der Waals surface area (Å²) in [4.78, 5) is 45.0. The molecule has 184 valence electrons. The van der Waals surface area contributed by atoms with Gasteiger partial charge in [-0.15, -0.1) is 11.3 Å². The van der Waals surface area contributed by atoms with Gasteiger partial charge in [0.05, 0.1) is 28.2 Å². The zero-order valence-corrected chi connectivity index (χ0v) is 21.4. The van der Waals surface area contributed by atoms with Crippen LogP contribution in [0.25, 0.3) is 10.4 Å². The first kappa shape index (κ1) is 25.8. The second-order valence-electron chi connectivity index (χ2n) is 10.0. The Labute approximate surface area is 204 Å². The van der Waals surface area contributed by atoms with Crippen LogP contribution < -0.4 is 10.6 Å². The van der Waals surface area contributed by atoms with E-state index in [-0.39, 0.29) is 36.7 Å². The number of aryl methyl sites for hydroxylation is 1. The lowest BCUT2D eigenvalue weighted by molar-refractivity contribution is -0.144. The van der Waals surface area contributed by atoms with E-state index in [1.807, 2.05) is 64.4 Å². The van der Waals surface area contributed by atoms with E-state index >= 15 is 0 Å². The number of β-amino-alcohol motifs (C(OH)–C–C–N with tert-alkyl or cyclic N) is 1. The first-order valence-electron chi connectivity index (χ1n) is 11.4. The summed E-state index contributed by atoms with van der Waals surface area (Å²) in [7, 11) is 0. The van der Waals surface area contributed by atoms with Gasteiger partial charge in [0, 0.05) is 19.9 Å². The average molecular weight is 487 g/mol. The van der Waals surface area contributed by atoms with Gasteiger partial charge < -0.3 is 20.6 Å². The number of nitrogens with zero attached hydrogens (tertiary/aromatic N) is 2. The van der Waals surface area contributed by atoms with Gasteiger partial charge in [0.1, 0.15) is 12.1 Å². The molecule has 1 aromatic carbocycles. The number of carbonyl (C=O) groups is 3. The fraction of sp³-hybridized carbons (Fsp3) is 0.520. The molecule has 0 radical (unpaired) electrons. The van der Waals surface area contributed by atoms with Crippen LogP contribution >= 0.6 is 11.3 Å². The van der Waals surface area contributed by atoms with Gasteiger partial charge in [0.2, 0.25) is 17.7 Å². The van der Waals surface area contributed by atoms with E-state index in [1.54, 1.807) is 11.3 Å². The molecule has 9 heteroatoms. The lowest BCUT2D eigenvalue weighted by atomic mass is 9.85. The average Bonchev–Trinajstić information content (AvgIpc) is 3.36. The molecule has 2 heterocycles. The minimum absolute atomic E-state index is 0.0559. The topological polar surface area (TPSA) is 112 Å². The second kappa shape index (κ2) is 10.2. The molecule has 0 aliphatic carbocycles. The van der Waals surface area contributed by atoms with Crippen molar-refractivity contribution in [3.63, 3.8) is 0 Å². The first-order valence-corrected chi connectivity index (χ1v) is 12.3. The molecule has 1 aromatic heterocycles. The Bertz CT molecular complexity index is 1040. The third kappa shape index (κ3) is 5.82. The number of aliphatic hydroxyl groups excluding tert-OH is 1. The van der Waals surface area contributed by atoms with Crippen molar-refractivity contribution in [1.29, 1.82) is 0 Å². The summed E-state index contributed by atoms with van der Waals surface area (Å²) in [5.41, 5.74) is 4.26. The number of likely N-dealkylation sites (tertiary alicyclic amines) is 1. The van der Waals surface area contributed by atoms with Crippen molar-refractivity contribution in [1.82, 2.24) is 20.5 Å². The van der Waals surface area contributed by atoms with E-state index in [4.69, 9.17) is 0 Å². The standard InChI is InChI=1S/C25H34N4O4S/c1-14(17-7-9-18(10-8-17)21-15(2)26-13-34-21)27-23(32)20-11-19(31)12-29(20)24(33)22(25(4,5)6)28-16(3)30/h7-10,13-14,19-20,22,31H,11-12H2,1-6H3,(H,27,32)(H,28,30)/t14?,19-,20+,22-/m1/s1. The second-order valence-corrected chi connectivity index (χ2v) is 10.9. The maximum Gasteiger partial charge on any atom is 0.246 e. The fourth-order valence-corrected chi connectivity index (χ4v) is 5.03. The molecule has 1 saturated heterocycles. The molecule has 0 saturated carbocycles. The molecule has 3 rings (SSSR count). The summed E-state index contributed by atoms with van der Waals surface area (Å²) in [6.07, 6.45) is -0.639. The van der Waals surface area contributed by atoms with Crippen molar-refractivity contribution in [2.75, 3.05) is 6.54 Å². The lowest BCUT2D eigenvalue weighted by Gasteiger charge is -2.35. The van der Waals surface area contributed by atoms with E-state index in [9.17, 15) is 19.5 Å². The molecule has 34 heavy (non-hydrogen) atoms. The van der Waals surface area contributed by atoms with Crippen molar-refractivity contribution in [2.24, 2.45) is 5.41 Å². The maximum atomic E-state index is 13.3. The Hall–Kier alpha value is -2.78. The molecule has 1 aliphatic rings. The highest BCUT2D eigenvalue weighted by atomic mass is 32.1. The van der Waals surface area contributed by atoms with E-state index in [2.05, 4.69) is 15.6 Å². The highest BCUT2D eigenvalue weighted by molar-refractivity contribution is 7.13. The Kier molecular flexibility index (Phi) is 7.77. The van der Waals surface area contributed by atoms with Crippen LogP contribution in [-0.4, -0.2) is 57.4 Å².